The number of nitrogens with one attached hydrogen (secondary N) is 1. The molecular weight excluding hydrogens is 446 g/mol. The van der Waals surface area contributed by atoms with E-state index in [9.17, 15) is 13.6 Å². The van der Waals surface area contributed by atoms with Gasteiger partial charge in [-0.25, -0.2) is 23.3 Å². The molecule has 1 atom stereocenters. The van der Waals surface area contributed by atoms with Crippen LogP contribution < -0.4 is 0 Å². The number of H-pyrrole nitrogens is 1. The summed E-state index contributed by atoms with van der Waals surface area (Å²) in [7, 11) is 1.68. The zero-order valence-corrected chi connectivity index (χ0v) is 17.9. The van der Waals surface area contributed by atoms with E-state index < -0.39 is 29.8 Å². The lowest BCUT2D eigenvalue weighted by Crippen LogP contribution is -2.41. The van der Waals surface area contributed by atoms with Crippen molar-refractivity contribution < 1.29 is 18.0 Å². The van der Waals surface area contributed by atoms with E-state index in [4.69, 9.17) is 4.42 Å². The predicted octanol–water partition coefficient (Wildman–Crippen LogP) is 3.17. The van der Waals surface area contributed by atoms with Gasteiger partial charge >= 0.3 is 0 Å². The van der Waals surface area contributed by atoms with Crippen molar-refractivity contribution in [2.45, 2.75) is 18.9 Å². The molecule has 1 aliphatic rings. The molecule has 0 saturated carbocycles. The molecule has 0 saturated heterocycles. The molecule has 1 aliphatic heterocycles. The number of rotatable bonds is 4. The summed E-state index contributed by atoms with van der Waals surface area (Å²) in [5.41, 5.74) is 2.58. The zero-order valence-electron chi connectivity index (χ0n) is 17.9. The maximum Gasteiger partial charge on any atom is 0.292 e. The van der Waals surface area contributed by atoms with Crippen molar-refractivity contribution in [1.29, 1.82) is 0 Å². The second kappa shape index (κ2) is 7.61. The van der Waals surface area contributed by atoms with Gasteiger partial charge in [-0.05, 0) is 18.2 Å². The average molecular weight is 464 g/mol. The van der Waals surface area contributed by atoms with Crippen LogP contribution >= 0.6 is 0 Å². The first kappa shape index (κ1) is 20.3. The van der Waals surface area contributed by atoms with Crippen LogP contribution in [0.2, 0.25) is 0 Å². The number of carbonyl (C=O) groups is 1. The van der Waals surface area contributed by atoms with E-state index in [1.165, 1.54) is 15.8 Å². The Hall–Kier alpha value is -4.35. The molecule has 0 aliphatic carbocycles. The van der Waals surface area contributed by atoms with Gasteiger partial charge in [-0.1, -0.05) is 6.07 Å². The number of fused-ring (bicyclic) bond motifs is 2. The number of hydrogen-bond donors (Lipinski definition) is 1. The van der Waals surface area contributed by atoms with E-state index in [1.807, 2.05) is 24.3 Å². The predicted molar refractivity (Wildman–Crippen MR) is 114 cm³/mol. The maximum absolute atomic E-state index is 13.9. The standard InChI is InChI=1S/C22H18F2N8O2/c1-30-10-12(9-27-30)21-28-17(20(23)24)19(34-21)22(33)31-7-5-14-16(26-11-25-14)18(31)15-8-13-4-2-3-6-32(13)29-15/h2-4,6,8-11,18,20H,5,7H2,1H3,(H,25,26)/t18-/m0/s1. The number of aromatic amines is 1. The molecule has 1 N–H and O–H groups in total. The number of carbonyl (C=O) groups excluding carboxylic acids is 1. The van der Waals surface area contributed by atoms with E-state index in [-0.39, 0.29) is 12.4 Å². The Morgan fingerprint density at radius 3 is 2.97 bits per heavy atom. The fourth-order valence-electron chi connectivity index (χ4n) is 4.31. The monoisotopic (exact) mass is 464 g/mol. The van der Waals surface area contributed by atoms with Gasteiger partial charge in [0.15, 0.2) is 5.69 Å². The van der Waals surface area contributed by atoms with Crippen molar-refractivity contribution in [3.8, 4) is 11.5 Å². The van der Waals surface area contributed by atoms with Gasteiger partial charge in [0, 0.05) is 38.1 Å². The molecule has 12 heteroatoms. The first-order valence-electron chi connectivity index (χ1n) is 10.5. The molecule has 0 unspecified atom stereocenters. The number of alkyl halides is 2. The number of imidazole rings is 1. The molecule has 5 aromatic rings. The minimum atomic E-state index is -2.99. The average Bonchev–Trinajstić information content (AvgIpc) is 3.62. The number of hydrogen-bond acceptors (Lipinski definition) is 6. The highest BCUT2D eigenvalue weighted by molar-refractivity contribution is 5.93. The van der Waals surface area contributed by atoms with Crippen LogP contribution in [0.25, 0.3) is 17.0 Å². The molecule has 0 aromatic carbocycles. The van der Waals surface area contributed by atoms with E-state index in [0.717, 1.165) is 11.2 Å². The minimum absolute atomic E-state index is 0.0894. The quantitative estimate of drug-likeness (QED) is 0.438. The van der Waals surface area contributed by atoms with Crippen molar-refractivity contribution >= 4 is 11.4 Å². The summed E-state index contributed by atoms with van der Waals surface area (Å²) in [6, 6.07) is 6.79. The Kier molecular flexibility index (Phi) is 4.54. The first-order chi connectivity index (χ1) is 16.5. The Morgan fingerprint density at radius 1 is 1.32 bits per heavy atom. The Morgan fingerprint density at radius 2 is 2.21 bits per heavy atom. The normalized spacial score (nSPS) is 15.9. The molecule has 0 radical (unpaired) electrons. The lowest BCUT2D eigenvalue weighted by molar-refractivity contribution is 0.0640. The Labute approximate surface area is 190 Å². The number of aryl methyl sites for hydroxylation is 1. The van der Waals surface area contributed by atoms with Gasteiger partial charge in [-0.2, -0.15) is 10.2 Å². The first-order valence-corrected chi connectivity index (χ1v) is 10.5. The van der Waals surface area contributed by atoms with Crippen LogP contribution in [0.5, 0.6) is 0 Å². The molecular formula is C22H18F2N8O2. The number of amides is 1. The highest BCUT2D eigenvalue weighted by Gasteiger charge is 2.39. The fourth-order valence-corrected chi connectivity index (χ4v) is 4.31. The van der Waals surface area contributed by atoms with Crippen LogP contribution in [0.1, 0.15) is 45.8 Å². The summed E-state index contributed by atoms with van der Waals surface area (Å²) in [5, 5.41) is 8.63. The highest BCUT2D eigenvalue weighted by Crippen LogP contribution is 2.36. The molecule has 0 bridgehead atoms. The van der Waals surface area contributed by atoms with Crippen LogP contribution in [-0.2, 0) is 13.5 Å². The van der Waals surface area contributed by atoms with Gasteiger partial charge in [0.25, 0.3) is 12.3 Å². The molecule has 5 aromatic heterocycles. The summed E-state index contributed by atoms with van der Waals surface area (Å²) in [5.74, 6) is -1.29. The second-order valence-corrected chi connectivity index (χ2v) is 7.99. The lowest BCUT2D eigenvalue weighted by atomic mass is 9.99. The number of pyridine rings is 1. The highest BCUT2D eigenvalue weighted by atomic mass is 19.3. The van der Waals surface area contributed by atoms with Crippen LogP contribution in [0.3, 0.4) is 0 Å². The Balaban J connectivity index is 1.45. The van der Waals surface area contributed by atoms with Crippen molar-refractivity contribution in [2.24, 2.45) is 7.05 Å². The summed E-state index contributed by atoms with van der Waals surface area (Å²) in [6.07, 6.45) is 3.86. The van der Waals surface area contributed by atoms with Crippen molar-refractivity contribution in [3.05, 3.63) is 77.7 Å². The van der Waals surface area contributed by atoms with Gasteiger partial charge < -0.3 is 14.3 Å². The second-order valence-electron chi connectivity index (χ2n) is 7.99. The van der Waals surface area contributed by atoms with Gasteiger partial charge in [-0.3, -0.25) is 9.48 Å². The van der Waals surface area contributed by atoms with Crippen molar-refractivity contribution in [3.63, 3.8) is 0 Å². The van der Waals surface area contributed by atoms with Crippen LogP contribution in [0, 0.1) is 0 Å². The SMILES string of the molecule is Cn1cc(-c2nc(C(F)F)c(C(=O)N3CCc4[nH]cnc4[C@@H]3c3cc4ccccn4n3)o2)cn1. The van der Waals surface area contributed by atoms with Gasteiger partial charge in [0.1, 0.15) is 6.04 Å². The molecule has 0 fully saturated rings. The topological polar surface area (TPSA) is 110 Å². The van der Waals surface area contributed by atoms with E-state index in [2.05, 4.69) is 25.1 Å². The maximum atomic E-state index is 13.9. The summed E-state index contributed by atoms with van der Waals surface area (Å²) >= 11 is 0. The fraction of sp³-hybridized carbons (Fsp3) is 0.227. The van der Waals surface area contributed by atoms with E-state index in [0.29, 0.717) is 23.4 Å². The van der Waals surface area contributed by atoms with Gasteiger partial charge in [-0.15, -0.1) is 0 Å². The van der Waals surface area contributed by atoms with Crippen molar-refractivity contribution in [2.75, 3.05) is 6.54 Å². The van der Waals surface area contributed by atoms with Crippen LogP contribution in [0.4, 0.5) is 8.78 Å². The molecule has 1 amide bonds. The largest absolute Gasteiger partial charge is 0.430 e. The van der Waals surface area contributed by atoms with E-state index in [1.54, 1.807) is 30.3 Å². The lowest BCUT2D eigenvalue weighted by Gasteiger charge is -2.33. The molecule has 6 heterocycles. The number of oxazole rings is 1. The van der Waals surface area contributed by atoms with E-state index >= 15 is 0 Å². The zero-order chi connectivity index (χ0) is 23.4. The van der Waals surface area contributed by atoms with Crippen LogP contribution in [0.15, 0.2) is 53.6 Å². The number of nitrogens with zero attached hydrogens (tertiary/aromatic N) is 7. The molecule has 6 rings (SSSR count). The summed E-state index contributed by atoms with van der Waals surface area (Å²) in [4.78, 5) is 26.6. The smallest absolute Gasteiger partial charge is 0.292 e. The number of aromatic nitrogens is 7. The van der Waals surface area contributed by atoms with Gasteiger partial charge in [0.05, 0.1) is 35.0 Å². The minimum Gasteiger partial charge on any atom is -0.430 e. The summed E-state index contributed by atoms with van der Waals surface area (Å²) < 4.78 is 36.6. The van der Waals surface area contributed by atoms with Gasteiger partial charge in [0.2, 0.25) is 11.7 Å². The molecule has 34 heavy (non-hydrogen) atoms. The van der Waals surface area contributed by atoms with Crippen LogP contribution in [-0.4, -0.2) is 51.7 Å². The third kappa shape index (κ3) is 3.17. The molecule has 0 spiro atoms. The number of halogens is 2. The third-order valence-corrected chi connectivity index (χ3v) is 5.86. The Bertz CT molecular complexity index is 1480. The van der Waals surface area contributed by atoms with Crippen molar-refractivity contribution in [1.82, 2.24) is 39.2 Å². The summed E-state index contributed by atoms with van der Waals surface area (Å²) in [6.45, 7) is 0.262. The third-order valence-electron chi connectivity index (χ3n) is 5.86. The molecule has 10 nitrogen and oxygen atoms in total. The molecule has 172 valence electrons.